The Morgan fingerprint density at radius 1 is 1.45 bits per heavy atom. The number of rotatable bonds is 3. The van der Waals surface area contributed by atoms with Crippen LogP contribution in [-0.4, -0.2) is 28.0 Å². The van der Waals surface area contributed by atoms with E-state index in [9.17, 15) is 8.42 Å². The summed E-state index contributed by atoms with van der Waals surface area (Å²) in [5, 5.41) is 3.98. The molecule has 0 amide bonds. The minimum absolute atomic E-state index is 0.0362. The maximum absolute atomic E-state index is 12.2. The van der Waals surface area contributed by atoms with Gasteiger partial charge in [0.15, 0.2) is 0 Å². The topological polar surface area (TPSA) is 89.2 Å². The number of hydrogen-bond acceptors (Lipinski definition) is 6. The molecule has 0 spiro atoms. The van der Waals surface area contributed by atoms with Gasteiger partial charge in [-0.25, -0.2) is 22.6 Å². The molecule has 0 unspecified atom stereocenters. The third-order valence-corrected chi connectivity index (χ3v) is 5.80. The predicted octanol–water partition coefficient (Wildman–Crippen LogP) is 1.95. The molecule has 0 bridgehead atoms. The number of halogens is 1. The van der Waals surface area contributed by atoms with Gasteiger partial charge in [-0.05, 0) is 24.6 Å². The van der Waals surface area contributed by atoms with E-state index in [-0.39, 0.29) is 10.2 Å². The minimum atomic E-state index is -3.74. The first-order valence-electron chi connectivity index (χ1n) is 5.42. The highest BCUT2D eigenvalue weighted by Crippen LogP contribution is 2.30. The third-order valence-electron chi connectivity index (χ3n) is 2.44. The molecule has 3 rings (SSSR count). The largest absolute Gasteiger partial charge is 0.273 e. The Bertz CT molecular complexity index is 834. The molecule has 0 aliphatic heterocycles. The number of nitrogens with one attached hydrogen (secondary N) is 1. The van der Waals surface area contributed by atoms with Crippen molar-refractivity contribution < 1.29 is 8.42 Å². The van der Waals surface area contributed by atoms with Crippen molar-refractivity contribution in [3.8, 4) is 0 Å². The summed E-state index contributed by atoms with van der Waals surface area (Å²) in [7, 11) is -3.74. The van der Waals surface area contributed by atoms with Crippen LogP contribution in [0.3, 0.4) is 0 Å². The first kappa shape index (κ1) is 13.3. The van der Waals surface area contributed by atoms with Crippen molar-refractivity contribution in [3.63, 3.8) is 0 Å². The first-order valence-corrected chi connectivity index (χ1v) is 8.09. The highest BCUT2D eigenvalue weighted by molar-refractivity contribution is 7.94. The van der Waals surface area contributed by atoms with Gasteiger partial charge in [-0.3, -0.25) is 0 Å². The van der Waals surface area contributed by atoms with E-state index in [2.05, 4.69) is 19.8 Å². The van der Waals surface area contributed by atoms with E-state index in [0.29, 0.717) is 15.7 Å². The summed E-state index contributed by atoms with van der Waals surface area (Å²) >= 11 is 6.87. The fraction of sp³-hybridized carbons (Fsp3) is 0.100. The number of sulfonamides is 1. The van der Waals surface area contributed by atoms with Crippen LogP contribution < -0.4 is 4.72 Å². The lowest BCUT2D eigenvalue weighted by molar-refractivity contribution is 0.602. The van der Waals surface area contributed by atoms with Gasteiger partial charge < -0.3 is 0 Å². The zero-order valence-corrected chi connectivity index (χ0v) is 12.5. The fourth-order valence-corrected chi connectivity index (χ4v) is 4.16. The van der Waals surface area contributed by atoms with Crippen LogP contribution in [0.2, 0.25) is 4.34 Å². The summed E-state index contributed by atoms with van der Waals surface area (Å²) in [6, 6.07) is 3.17. The lowest BCUT2D eigenvalue weighted by Gasteiger charge is -2.00. The standard InChI is InChI=1S/C10H8ClN5O2S2/c1-6-5-7(19-8(6)11)20(17,18)15-9-13-10-12-3-2-4-16(10)14-9/h2-5H,1H3,(H,14,15). The summed E-state index contributed by atoms with van der Waals surface area (Å²) in [6.07, 6.45) is 3.17. The predicted molar refractivity (Wildman–Crippen MR) is 75.7 cm³/mol. The molecule has 0 fully saturated rings. The first-order chi connectivity index (χ1) is 9.45. The Morgan fingerprint density at radius 2 is 2.25 bits per heavy atom. The highest BCUT2D eigenvalue weighted by atomic mass is 35.5. The van der Waals surface area contributed by atoms with Crippen LogP contribution in [0, 0.1) is 6.92 Å². The lowest BCUT2D eigenvalue weighted by atomic mass is 10.4. The summed E-state index contributed by atoms with van der Waals surface area (Å²) in [5.41, 5.74) is 0.710. The molecule has 20 heavy (non-hydrogen) atoms. The van der Waals surface area contributed by atoms with E-state index in [4.69, 9.17) is 11.6 Å². The van der Waals surface area contributed by atoms with E-state index in [1.807, 2.05) is 0 Å². The second-order valence-corrected chi connectivity index (χ2v) is 7.49. The van der Waals surface area contributed by atoms with Gasteiger partial charge in [0, 0.05) is 12.4 Å². The summed E-state index contributed by atoms with van der Waals surface area (Å²) in [6.45, 7) is 1.74. The van der Waals surface area contributed by atoms with Gasteiger partial charge in [-0.1, -0.05) is 11.6 Å². The fourth-order valence-electron chi connectivity index (χ4n) is 1.51. The lowest BCUT2D eigenvalue weighted by Crippen LogP contribution is -2.12. The molecule has 7 nitrogen and oxygen atoms in total. The zero-order valence-electron chi connectivity index (χ0n) is 10.1. The quantitative estimate of drug-likeness (QED) is 0.793. The molecule has 10 heteroatoms. The van der Waals surface area contributed by atoms with Crippen molar-refractivity contribution in [2.75, 3.05) is 4.72 Å². The smallest absolute Gasteiger partial charge is 0.245 e. The Morgan fingerprint density at radius 3 is 2.90 bits per heavy atom. The van der Waals surface area contributed by atoms with Gasteiger partial charge in [-0.2, -0.15) is 4.98 Å². The molecule has 3 aromatic heterocycles. The van der Waals surface area contributed by atoms with E-state index in [1.165, 1.54) is 10.6 Å². The van der Waals surface area contributed by atoms with Crippen molar-refractivity contribution in [1.29, 1.82) is 0 Å². The molecule has 104 valence electrons. The van der Waals surface area contributed by atoms with Crippen LogP contribution in [0.5, 0.6) is 0 Å². The molecule has 0 atom stereocenters. The number of aromatic nitrogens is 4. The SMILES string of the molecule is Cc1cc(S(=O)(=O)Nc2nc3ncccn3n2)sc1Cl. The number of anilines is 1. The van der Waals surface area contributed by atoms with Crippen molar-refractivity contribution in [2.45, 2.75) is 11.1 Å². The normalized spacial score (nSPS) is 11.9. The molecule has 0 saturated heterocycles. The van der Waals surface area contributed by atoms with Crippen molar-refractivity contribution >= 4 is 44.7 Å². The summed E-state index contributed by atoms with van der Waals surface area (Å²) in [5.74, 6) is 0.275. The monoisotopic (exact) mass is 329 g/mol. The molecule has 0 aliphatic carbocycles. The Kier molecular flexibility index (Phi) is 3.11. The molecule has 0 aliphatic rings. The molecule has 3 heterocycles. The molecule has 3 aromatic rings. The van der Waals surface area contributed by atoms with E-state index < -0.39 is 10.0 Å². The summed E-state index contributed by atoms with van der Waals surface area (Å²) in [4.78, 5) is 7.93. The van der Waals surface area contributed by atoms with Crippen LogP contribution in [0.15, 0.2) is 28.7 Å². The second kappa shape index (κ2) is 4.69. The van der Waals surface area contributed by atoms with Gasteiger partial charge >= 0.3 is 0 Å². The average molecular weight is 330 g/mol. The average Bonchev–Trinajstić information content (AvgIpc) is 2.93. The maximum atomic E-state index is 12.2. The van der Waals surface area contributed by atoms with Crippen LogP contribution in [-0.2, 0) is 10.0 Å². The molecule has 0 saturated carbocycles. The molecule has 0 radical (unpaired) electrons. The number of aryl methyl sites for hydroxylation is 1. The van der Waals surface area contributed by atoms with E-state index >= 15 is 0 Å². The molecular formula is C10H8ClN5O2S2. The second-order valence-electron chi connectivity index (χ2n) is 3.93. The highest BCUT2D eigenvalue weighted by Gasteiger charge is 2.20. The molecule has 1 N–H and O–H groups in total. The van der Waals surface area contributed by atoms with E-state index in [1.54, 1.807) is 25.4 Å². The number of thiophene rings is 1. The number of nitrogens with zero attached hydrogens (tertiary/aromatic N) is 4. The molecule has 0 aromatic carbocycles. The van der Waals surface area contributed by atoms with Crippen LogP contribution >= 0.6 is 22.9 Å². The van der Waals surface area contributed by atoms with Crippen LogP contribution in [0.1, 0.15) is 5.56 Å². The van der Waals surface area contributed by atoms with Gasteiger partial charge in [0.25, 0.3) is 21.7 Å². The number of hydrogen-bond donors (Lipinski definition) is 1. The van der Waals surface area contributed by atoms with Crippen LogP contribution in [0.25, 0.3) is 5.78 Å². The van der Waals surface area contributed by atoms with Gasteiger partial charge in [0.05, 0.1) is 4.34 Å². The Balaban J connectivity index is 1.96. The van der Waals surface area contributed by atoms with E-state index in [0.717, 1.165) is 11.3 Å². The van der Waals surface area contributed by atoms with Gasteiger partial charge in [0.1, 0.15) is 4.21 Å². The minimum Gasteiger partial charge on any atom is -0.245 e. The van der Waals surface area contributed by atoms with Gasteiger partial charge in [-0.15, -0.1) is 16.4 Å². The summed E-state index contributed by atoms with van der Waals surface area (Å²) < 4.78 is 28.6. The van der Waals surface area contributed by atoms with Crippen molar-refractivity contribution in [2.24, 2.45) is 0 Å². The zero-order chi connectivity index (χ0) is 14.3. The Labute approximate surface area is 123 Å². The van der Waals surface area contributed by atoms with Crippen LogP contribution in [0.4, 0.5) is 5.95 Å². The maximum Gasteiger partial charge on any atom is 0.273 e. The van der Waals surface area contributed by atoms with Crippen molar-refractivity contribution in [1.82, 2.24) is 19.6 Å². The molecular weight excluding hydrogens is 322 g/mol. The van der Waals surface area contributed by atoms with Gasteiger partial charge in [0.2, 0.25) is 0 Å². The van der Waals surface area contributed by atoms with Crippen molar-refractivity contribution in [3.05, 3.63) is 34.4 Å². The Hall–Kier alpha value is -1.71. The number of fused-ring (bicyclic) bond motifs is 1. The third kappa shape index (κ3) is 2.35.